The number of piperidine rings is 1. The molecule has 2 aliphatic rings. The molecule has 2 fully saturated rings. The molecule has 1 aromatic carbocycles. The first-order valence-corrected chi connectivity index (χ1v) is 10.9. The van der Waals surface area contributed by atoms with Crippen molar-refractivity contribution >= 4 is 21.9 Å². The number of nitrogens with zero attached hydrogens (tertiary/aromatic N) is 3. The minimum Gasteiger partial charge on any atom is -0.376 e. The molecule has 2 aromatic rings. The van der Waals surface area contributed by atoms with E-state index < -0.39 is 0 Å². The first-order chi connectivity index (χ1) is 13.5. The van der Waals surface area contributed by atoms with Gasteiger partial charge in [0.1, 0.15) is 5.82 Å². The van der Waals surface area contributed by atoms with E-state index in [1.54, 1.807) is 6.07 Å². The molecule has 1 saturated heterocycles. The Balaban J connectivity index is 1.19. The van der Waals surface area contributed by atoms with Crippen molar-refractivity contribution in [1.82, 2.24) is 10.1 Å². The lowest BCUT2D eigenvalue weighted by Crippen LogP contribution is -2.34. The van der Waals surface area contributed by atoms with Crippen molar-refractivity contribution in [3.63, 3.8) is 0 Å². The van der Waals surface area contributed by atoms with Gasteiger partial charge >= 0.3 is 6.01 Å². The smallest absolute Gasteiger partial charge is 0.324 e. The SMILES string of the molecule is CC(C)c1noc(N2CCC([C@H]3C[C@H]3COCc3ccc(Br)cc3F)CC2)n1. The number of halogens is 2. The Bertz CT molecular complexity index is 805. The fraction of sp³-hybridized carbons (Fsp3) is 0.619. The average Bonchev–Trinajstić information content (AvgIpc) is 3.26. The summed E-state index contributed by atoms with van der Waals surface area (Å²) in [6.07, 6.45) is 3.54. The molecule has 1 aliphatic heterocycles. The number of ether oxygens (including phenoxy) is 1. The lowest BCUT2D eigenvalue weighted by Gasteiger charge is -2.30. The Morgan fingerprint density at radius 2 is 2.11 bits per heavy atom. The molecule has 0 N–H and O–H groups in total. The molecule has 0 bridgehead atoms. The van der Waals surface area contributed by atoms with Gasteiger partial charge in [-0.2, -0.15) is 4.98 Å². The monoisotopic (exact) mass is 451 g/mol. The Labute approximate surface area is 173 Å². The third-order valence-electron chi connectivity index (χ3n) is 5.94. The average molecular weight is 452 g/mol. The Morgan fingerprint density at radius 1 is 1.32 bits per heavy atom. The summed E-state index contributed by atoms with van der Waals surface area (Å²) in [7, 11) is 0. The molecule has 4 rings (SSSR count). The molecule has 5 nitrogen and oxygen atoms in total. The van der Waals surface area contributed by atoms with Gasteiger partial charge in [-0.1, -0.05) is 41.0 Å². The summed E-state index contributed by atoms with van der Waals surface area (Å²) in [6.45, 7) is 7.15. The number of aromatic nitrogens is 2. The zero-order valence-electron chi connectivity index (χ0n) is 16.4. The van der Waals surface area contributed by atoms with Gasteiger partial charge in [0.05, 0.1) is 13.2 Å². The molecule has 2 atom stereocenters. The Hall–Kier alpha value is -1.47. The molecule has 2 heterocycles. The molecule has 28 heavy (non-hydrogen) atoms. The van der Waals surface area contributed by atoms with E-state index in [4.69, 9.17) is 9.26 Å². The van der Waals surface area contributed by atoms with E-state index >= 15 is 0 Å². The van der Waals surface area contributed by atoms with Crippen LogP contribution in [0.2, 0.25) is 0 Å². The molecule has 7 heteroatoms. The number of hydrogen-bond acceptors (Lipinski definition) is 5. The van der Waals surface area contributed by atoms with Crippen molar-refractivity contribution in [2.45, 2.75) is 45.6 Å². The van der Waals surface area contributed by atoms with E-state index in [1.807, 2.05) is 6.07 Å². The van der Waals surface area contributed by atoms with E-state index in [0.717, 1.165) is 54.7 Å². The Kier molecular flexibility index (Phi) is 6.01. The van der Waals surface area contributed by atoms with Gasteiger partial charge in [0.15, 0.2) is 5.82 Å². The van der Waals surface area contributed by atoms with Crippen LogP contribution in [0, 0.1) is 23.6 Å². The van der Waals surface area contributed by atoms with E-state index in [9.17, 15) is 4.39 Å². The topological polar surface area (TPSA) is 51.4 Å². The third-order valence-corrected chi connectivity index (χ3v) is 6.44. The zero-order valence-corrected chi connectivity index (χ0v) is 18.0. The predicted octanol–water partition coefficient (Wildman–Crippen LogP) is 5.16. The van der Waals surface area contributed by atoms with Crippen LogP contribution in [0.3, 0.4) is 0 Å². The minimum atomic E-state index is -0.212. The summed E-state index contributed by atoms with van der Waals surface area (Å²) >= 11 is 3.28. The van der Waals surface area contributed by atoms with Gasteiger partial charge in [-0.3, -0.25) is 0 Å². The molecule has 1 aromatic heterocycles. The van der Waals surface area contributed by atoms with Crippen LogP contribution in [0.15, 0.2) is 27.2 Å². The molecule has 0 amide bonds. The standard InChI is InChI=1S/C21H27BrFN3O2/c1-13(2)20-24-21(28-25-20)26-7-5-14(6-8-26)18-9-16(18)12-27-11-15-3-4-17(22)10-19(15)23/h3-4,10,13-14,16,18H,5-9,11-12H2,1-2H3/t16-,18+/m0/s1. The summed E-state index contributed by atoms with van der Waals surface area (Å²) in [5, 5.41) is 4.07. The van der Waals surface area contributed by atoms with Crippen molar-refractivity contribution in [2.24, 2.45) is 17.8 Å². The lowest BCUT2D eigenvalue weighted by molar-refractivity contribution is 0.102. The lowest BCUT2D eigenvalue weighted by atomic mass is 9.91. The molecule has 0 spiro atoms. The van der Waals surface area contributed by atoms with Crippen molar-refractivity contribution in [3.8, 4) is 0 Å². The zero-order chi connectivity index (χ0) is 19.7. The van der Waals surface area contributed by atoms with Crippen LogP contribution >= 0.6 is 15.9 Å². The maximum atomic E-state index is 13.8. The molecule has 1 aliphatic carbocycles. The van der Waals surface area contributed by atoms with Crippen molar-refractivity contribution in [3.05, 3.63) is 39.9 Å². The van der Waals surface area contributed by atoms with Crippen LogP contribution in [-0.2, 0) is 11.3 Å². The molecule has 0 radical (unpaired) electrons. The first-order valence-electron chi connectivity index (χ1n) is 10.1. The third kappa shape index (κ3) is 4.57. The van der Waals surface area contributed by atoms with Gasteiger partial charge in [0.25, 0.3) is 0 Å². The number of rotatable bonds is 7. The quantitative estimate of drug-likeness (QED) is 0.581. The van der Waals surface area contributed by atoms with Crippen LogP contribution in [0.1, 0.15) is 50.4 Å². The van der Waals surface area contributed by atoms with Crippen LogP contribution in [0.25, 0.3) is 0 Å². The highest BCUT2D eigenvalue weighted by Crippen LogP contribution is 2.48. The summed E-state index contributed by atoms with van der Waals surface area (Å²) in [6, 6.07) is 5.78. The van der Waals surface area contributed by atoms with Gasteiger partial charge in [-0.25, -0.2) is 4.39 Å². The van der Waals surface area contributed by atoms with Crippen LogP contribution in [-0.4, -0.2) is 29.8 Å². The van der Waals surface area contributed by atoms with E-state index in [-0.39, 0.29) is 11.7 Å². The first kappa shape index (κ1) is 19.8. The van der Waals surface area contributed by atoms with Crippen LogP contribution in [0.4, 0.5) is 10.4 Å². The highest BCUT2D eigenvalue weighted by atomic mass is 79.9. The summed E-state index contributed by atoms with van der Waals surface area (Å²) in [5.41, 5.74) is 0.619. The van der Waals surface area contributed by atoms with Crippen molar-refractivity contribution in [2.75, 3.05) is 24.6 Å². The highest BCUT2D eigenvalue weighted by molar-refractivity contribution is 9.10. The second-order valence-corrected chi connectivity index (χ2v) is 9.24. The summed E-state index contributed by atoms with van der Waals surface area (Å²) in [5.74, 6) is 2.95. The Morgan fingerprint density at radius 3 is 2.79 bits per heavy atom. The van der Waals surface area contributed by atoms with Crippen LogP contribution in [0.5, 0.6) is 0 Å². The van der Waals surface area contributed by atoms with Crippen LogP contribution < -0.4 is 4.90 Å². The van der Waals surface area contributed by atoms with Crippen molar-refractivity contribution < 1.29 is 13.7 Å². The van der Waals surface area contributed by atoms with Gasteiger partial charge in [-0.15, -0.1) is 0 Å². The van der Waals surface area contributed by atoms with E-state index in [0.29, 0.717) is 24.1 Å². The van der Waals surface area contributed by atoms with E-state index in [2.05, 4.69) is 44.8 Å². The number of benzene rings is 1. The van der Waals surface area contributed by atoms with Gasteiger partial charge in [0.2, 0.25) is 0 Å². The molecule has 152 valence electrons. The maximum Gasteiger partial charge on any atom is 0.324 e. The predicted molar refractivity (Wildman–Crippen MR) is 109 cm³/mol. The maximum absolute atomic E-state index is 13.8. The molecule has 0 unspecified atom stereocenters. The molecule has 1 saturated carbocycles. The van der Waals surface area contributed by atoms with Gasteiger partial charge < -0.3 is 14.2 Å². The highest BCUT2D eigenvalue weighted by Gasteiger charge is 2.43. The number of anilines is 1. The fourth-order valence-corrected chi connectivity index (χ4v) is 4.44. The minimum absolute atomic E-state index is 0.212. The van der Waals surface area contributed by atoms with E-state index in [1.165, 1.54) is 12.5 Å². The molecular formula is C21H27BrFN3O2. The largest absolute Gasteiger partial charge is 0.376 e. The normalized spacial score (nSPS) is 22.8. The van der Waals surface area contributed by atoms with Crippen molar-refractivity contribution in [1.29, 1.82) is 0 Å². The summed E-state index contributed by atoms with van der Waals surface area (Å²) < 4.78 is 25.8. The van der Waals surface area contributed by atoms with Gasteiger partial charge in [-0.05, 0) is 49.1 Å². The number of hydrogen-bond donors (Lipinski definition) is 0. The molecular weight excluding hydrogens is 425 g/mol. The summed E-state index contributed by atoms with van der Waals surface area (Å²) in [4.78, 5) is 6.72. The fourth-order valence-electron chi connectivity index (χ4n) is 4.11. The van der Waals surface area contributed by atoms with Gasteiger partial charge in [0, 0.05) is 29.0 Å². The second-order valence-electron chi connectivity index (χ2n) is 8.32. The second kappa shape index (κ2) is 8.49.